The Kier molecular flexibility index (Phi) is 5.16. The normalized spacial score (nSPS) is 11.5. The van der Waals surface area contributed by atoms with Gasteiger partial charge >= 0.3 is 0 Å². The van der Waals surface area contributed by atoms with E-state index in [0.717, 1.165) is 10.4 Å². The molecule has 0 aliphatic rings. The second-order valence-corrected chi connectivity index (χ2v) is 9.66. The van der Waals surface area contributed by atoms with Crippen LogP contribution in [0.2, 0.25) is 9.36 Å². The van der Waals surface area contributed by atoms with Crippen molar-refractivity contribution in [2.75, 3.05) is 4.83 Å². The van der Waals surface area contributed by atoms with Gasteiger partial charge in [-0.1, -0.05) is 53.5 Å². The van der Waals surface area contributed by atoms with Crippen LogP contribution in [0.1, 0.15) is 0 Å². The minimum absolute atomic E-state index is 0.147. The zero-order chi connectivity index (χ0) is 19.7. The average molecular weight is 450 g/mol. The lowest BCUT2D eigenvalue weighted by Gasteiger charge is -2.11. The predicted octanol–water partition coefficient (Wildman–Crippen LogP) is 5.52. The fraction of sp³-hybridized carbons (Fsp3) is 0. The van der Waals surface area contributed by atoms with Gasteiger partial charge in [0, 0.05) is 10.6 Å². The third-order valence-electron chi connectivity index (χ3n) is 3.94. The average Bonchev–Trinajstić information content (AvgIpc) is 3.29. The van der Waals surface area contributed by atoms with Gasteiger partial charge in [-0.15, -0.1) is 11.3 Å². The number of hydrogen-bond donors (Lipinski definition) is 1. The quantitative estimate of drug-likeness (QED) is 0.436. The van der Waals surface area contributed by atoms with Gasteiger partial charge in [0.25, 0.3) is 10.0 Å². The number of rotatable bonds is 5. The van der Waals surface area contributed by atoms with Crippen LogP contribution in [0, 0.1) is 0 Å². The molecule has 0 fully saturated rings. The lowest BCUT2D eigenvalue weighted by molar-refractivity contribution is 0.592. The van der Waals surface area contributed by atoms with Crippen LogP contribution in [0.15, 0.2) is 77.7 Å². The first-order chi connectivity index (χ1) is 13.4. The molecule has 0 spiro atoms. The van der Waals surface area contributed by atoms with Crippen LogP contribution in [0.3, 0.4) is 0 Å². The van der Waals surface area contributed by atoms with E-state index in [0.29, 0.717) is 20.7 Å². The highest BCUT2D eigenvalue weighted by Crippen LogP contribution is 2.33. The first kappa shape index (κ1) is 19.0. The molecule has 142 valence electrons. The van der Waals surface area contributed by atoms with Crippen molar-refractivity contribution in [1.82, 2.24) is 9.89 Å². The summed E-state index contributed by atoms with van der Waals surface area (Å²) in [6, 6.07) is 20.6. The van der Waals surface area contributed by atoms with E-state index in [1.165, 1.54) is 28.3 Å². The smallest absolute Gasteiger partial charge is 0.200 e. The molecule has 4 rings (SSSR count). The Bertz CT molecular complexity index is 1220. The van der Waals surface area contributed by atoms with Gasteiger partial charge < -0.3 is 0 Å². The zero-order valence-electron chi connectivity index (χ0n) is 14.2. The summed E-state index contributed by atoms with van der Waals surface area (Å²) in [6.07, 6.45) is 0. The van der Waals surface area contributed by atoms with Crippen LogP contribution < -0.4 is 4.83 Å². The fourth-order valence-corrected chi connectivity index (χ4v) is 4.73. The second-order valence-electron chi connectivity index (χ2n) is 5.85. The fourth-order valence-electron chi connectivity index (χ4n) is 2.62. The van der Waals surface area contributed by atoms with Gasteiger partial charge in [0.2, 0.25) is 0 Å². The third-order valence-corrected chi connectivity index (χ3v) is 6.75. The highest BCUT2D eigenvalue weighted by atomic mass is 35.5. The number of aromatic nitrogens is 2. The van der Waals surface area contributed by atoms with Gasteiger partial charge in [-0.3, -0.25) is 0 Å². The maximum Gasteiger partial charge on any atom is 0.276 e. The standard InChI is InChI=1S/C19H13Cl2N3O2S2/c20-14-8-6-13(7-9-14)17-12-16(18-10-11-19(21)27-18)22-24(17)23-28(25,26)15-4-2-1-3-5-15/h1-12,23H. The molecule has 0 bridgehead atoms. The Balaban J connectivity index is 1.80. The van der Waals surface area contributed by atoms with E-state index in [9.17, 15) is 8.42 Å². The molecule has 0 unspecified atom stereocenters. The third kappa shape index (κ3) is 3.93. The molecule has 9 heteroatoms. The number of benzene rings is 2. The van der Waals surface area contributed by atoms with Gasteiger partial charge in [-0.2, -0.15) is 23.1 Å². The van der Waals surface area contributed by atoms with Crippen LogP contribution in [0.5, 0.6) is 0 Å². The van der Waals surface area contributed by atoms with Gasteiger partial charge in [-0.25, -0.2) is 0 Å². The van der Waals surface area contributed by atoms with E-state index < -0.39 is 10.0 Å². The van der Waals surface area contributed by atoms with E-state index in [4.69, 9.17) is 23.2 Å². The molecule has 2 aromatic heterocycles. The van der Waals surface area contributed by atoms with Crippen molar-refractivity contribution in [1.29, 1.82) is 0 Å². The van der Waals surface area contributed by atoms with Crippen molar-refractivity contribution in [2.24, 2.45) is 0 Å². The molecule has 28 heavy (non-hydrogen) atoms. The minimum Gasteiger partial charge on any atom is -0.200 e. The second kappa shape index (κ2) is 7.60. The number of halogens is 2. The van der Waals surface area contributed by atoms with Crippen LogP contribution in [0.4, 0.5) is 0 Å². The van der Waals surface area contributed by atoms with Crippen molar-refractivity contribution < 1.29 is 8.42 Å². The summed E-state index contributed by atoms with van der Waals surface area (Å²) in [5, 5.41) is 5.04. The molecule has 2 aromatic carbocycles. The molecule has 4 aromatic rings. The van der Waals surface area contributed by atoms with Gasteiger partial charge in [-0.05, 0) is 42.5 Å². The minimum atomic E-state index is -3.81. The first-order valence-corrected chi connectivity index (χ1v) is 11.2. The van der Waals surface area contributed by atoms with E-state index in [2.05, 4.69) is 9.93 Å². The molecule has 0 amide bonds. The van der Waals surface area contributed by atoms with Crippen molar-refractivity contribution in [3.8, 4) is 21.8 Å². The molecule has 0 atom stereocenters. The molecule has 1 N–H and O–H groups in total. The van der Waals surface area contributed by atoms with Crippen LogP contribution >= 0.6 is 34.5 Å². The Morgan fingerprint density at radius 1 is 0.929 bits per heavy atom. The largest absolute Gasteiger partial charge is 0.276 e. The SMILES string of the molecule is O=S(=O)(Nn1nc(-c2ccc(Cl)s2)cc1-c1ccc(Cl)cc1)c1ccccc1. The number of nitrogens with one attached hydrogen (secondary N) is 1. The van der Waals surface area contributed by atoms with Crippen molar-refractivity contribution in [3.63, 3.8) is 0 Å². The summed E-state index contributed by atoms with van der Waals surface area (Å²) in [5.41, 5.74) is 1.95. The van der Waals surface area contributed by atoms with E-state index >= 15 is 0 Å². The van der Waals surface area contributed by atoms with Crippen molar-refractivity contribution in [3.05, 3.63) is 82.2 Å². The summed E-state index contributed by atoms with van der Waals surface area (Å²) < 4.78 is 26.2. The number of sulfonamides is 1. The zero-order valence-corrected chi connectivity index (χ0v) is 17.4. The van der Waals surface area contributed by atoms with E-state index in [-0.39, 0.29) is 4.90 Å². The van der Waals surface area contributed by atoms with Crippen molar-refractivity contribution in [2.45, 2.75) is 4.90 Å². The molecule has 5 nitrogen and oxygen atoms in total. The molecular weight excluding hydrogens is 437 g/mol. The highest BCUT2D eigenvalue weighted by Gasteiger charge is 2.19. The highest BCUT2D eigenvalue weighted by molar-refractivity contribution is 7.92. The molecule has 2 heterocycles. The monoisotopic (exact) mass is 449 g/mol. The Morgan fingerprint density at radius 3 is 2.29 bits per heavy atom. The lowest BCUT2D eigenvalue weighted by atomic mass is 10.1. The van der Waals surface area contributed by atoms with Crippen LogP contribution in [-0.2, 0) is 10.0 Å². The van der Waals surface area contributed by atoms with Crippen LogP contribution in [0.25, 0.3) is 21.8 Å². The summed E-state index contributed by atoms with van der Waals surface area (Å²) in [7, 11) is -3.81. The molecule has 0 saturated carbocycles. The molecule has 0 saturated heterocycles. The topological polar surface area (TPSA) is 64.0 Å². The lowest BCUT2D eigenvalue weighted by Crippen LogP contribution is -2.25. The molecule has 0 radical (unpaired) electrons. The maximum absolute atomic E-state index is 12.8. The maximum atomic E-state index is 12.8. The van der Waals surface area contributed by atoms with Gasteiger partial charge in [0.1, 0.15) is 5.69 Å². The summed E-state index contributed by atoms with van der Waals surface area (Å²) in [5.74, 6) is 0. The Morgan fingerprint density at radius 2 is 1.64 bits per heavy atom. The van der Waals surface area contributed by atoms with Gasteiger partial charge in [0.15, 0.2) is 0 Å². The molecule has 0 aliphatic carbocycles. The van der Waals surface area contributed by atoms with Crippen LogP contribution in [-0.4, -0.2) is 18.3 Å². The summed E-state index contributed by atoms with van der Waals surface area (Å²) in [6.45, 7) is 0. The van der Waals surface area contributed by atoms with E-state index in [1.807, 2.05) is 6.07 Å². The summed E-state index contributed by atoms with van der Waals surface area (Å²) >= 11 is 13.4. The molecular formula is C19H13Cl2N3O2S2. The van der Waals surface area contributed by atoms with E-state index in [1.54, 1.807) is 54.6 Å². The Labute approximate surface area is 176 Å². The number of hydrogen-bond acceptors (Lipinski definition) is 4. The number of thiophene rings is 1. The first-order valence-electron chi connectivity index (χ1n) is 8.12. The van der Waals surface area contributed by atoms with Crippen molar-refractivity contribution >= 4 is 44.6 Å². The van der Waals surface area contributed by atoms with Gasteiger partial charge in [0.05, 0.1) is 19.8 Å². The predicted molar refractivity (Wildman–Crippen MR) is 114 cm³/mol. The number of nitrogens with zero attached hydrogens (tertiary/aromatic N) is 2. The summed E-state index contributed by atoms with van der Waals surface area (Å²) in [4.78, 5) is 4.77. The molecule has 0 aliphatic heterocycles. The Hall–Kier alpha value is -2.32.